The van der Waals surface area contributed by atoms with Gasteiger partial charge in [0.05, 0.1) is 12.3 Å². The second-order valence-electron chi connectivity index (χ2n) is 3.39. The molecule has 0 spiro atoms. The van der Waals surface area contributed by atoms with Crippen LogP contribution in [0.2, 0.25) is 0 Å². The highest BCUT2D eigenvalue weighted by Crippen LogP contribution is 2.13. The first kappa shape index (κ1) is 12.2. The van der Waals surface area contributed by atoms with E-state index in [1.54, 1.807) is 24.3 Å². The predicted molar refractivity (Wildman–Crippen MR) is 54.6 cm³/mol. The third-order valence-electron chi connectivity index (χ3n) is 2.17. The molecule has 2 N–H and O–H groups in total. The lowest BCUT2D eigenvalue weighted by molar-refractivity contribution is -0.239. The van der Waals surface area contributed by atoms with Crippen molar-refractivity contribution >= 4 is 11.9 Å². The van der Waals surface area contributed by atoms with Crippen molar-refractivity contribution in [2.45, 2.75) is 12.8 Å². The summed E-state index contributed by atoms with van der Waals surface area (Å²) in [6.07, 6.45) is -0.138. The number of carboxylic acids is 1. The summed E-state index contributed by atoms with van der Waals surface area (Å²) < 4.78 is 0. The normalized spacial score (nSPS) is 11.8. The van der Waals surface area contributed by atoms with Crippen LogP contribution < -0.4 is 0 Å². The molecule has 0 radical (unpaired) electrons. The molecule has 1 atom stereocenters. The Morgan fingerprint density at radius 1 is 1.25 bits per heavy atom. The molecule has 0 aromatic heterocycles. The van der Waals surface area contributed by atoms with Crippen molar-refractivity contribution in [3.05, 3.63) is 35.9 Å². The van der Waals surface area contributed by atoms with E-state index < -0.39 is 17.9 Å². The molecule has 0 heterocycles. The Bertz CT molecular complexity index is 360. The minimum atomic E-state index is -1.11. The Morgan fingerprint density at radius 2 is 1.88 bits per heavy atom. The molecule has 5 nitrogen and oxygen atoms in total. The molecule has 0 unspecified atom stereocenters. The van der Waals surface area contributed by atoms with Crippen LogP contribution in [0.4, 0.5) is 0 Å². The summed E-state index contributed by atoms with van der Waals surface area (Å²) in [4.78, 5) is 25.2. The topological polar surface area (TPSA) is 83.8 Å². The summed E-state index contributed by atoms with van der Waals surface area (Å²) in [5.41, 5.74) is 0.819. The van der Waals surface area contributed by atoms with Gasteiger partial charge in [-0.2, -0.15) is 5.26 Å². The second kappa shape index (κ2) is 5.87. The summed E-state index contributed by atoms with van der Waals surface area (Å²) in [6, 6.07) is 8.95. The first-order valence-corrected chi connectivity index (χ1v) is 4.74. The number of carbonyl (C=O) groups is 2. The van der Waals surface area contributed by atoms with E-state index in [0.29, 0.717) is 0 Å². The Balaban J connectivity index is 2.70. The average Bonchev–Trinajstić information content (AvgIpc) is 2.28. The molecule has 1 rings (SSSR count). The van der Waals surface area contributed by atoms with Gasteiger partial charge in [0.2, 0.25) is 0 Å². The zero-order valence-corrected chi connectivity index (χ0v) is 8.50. The van der Waals surface area contributed by atoms with Crippen LogP contribution in [0.15, 0.2) is 30.3 Å². The maximum absolute atomic E-state index is 11.1. The van der Waals surface area contributed by atoms with Gasteiger partial charge >= 0.3 is 11.9 Å². The van der Waals surface area contributed by atoms with E-state index in [0.717, 1.165) is 5.56 Å². The van der Waals surface area contributed by atoms with E-state index in [1.165, 1.54) is 0 Å². The summed E-state index contributed by atoms with van der Waals surface area (Å²) in [6.45, 7) is 0. The smallest absolute Gasteiger partial charge is 0.346 e. The Hall–Kier alpha value is -1.88. The first-order chi connectivity index (χ1) is 7.63. The maximum Gasteiger partial charge on any atom is 0.346 e. The highest BCUT2D eigenvalue weighted by Gasteiger charge is 2.23. The van der Waals surface area contributed by atoms with Crippen LogP contribution in [0.25, 0.3) is 0 Å². The minimum absolute atomic E-state index is 0.229. The number of hydrogen-bond acceptors (Lipinski definition) is 4. The molecule has 0 aliphatic carbocycles. The monoisotopic (exact) mass is 224 g/mol. The van der Waals surface area contributed by atoms with Gasteiger partial charge in [-0.25, -0.2) is 4.79 Å². The lowest BCUT2D eigenvalue weighted by Crippen LogP contribution is -2.22. The van der Waals surface area contributed by atoms with Crippen molar-refractivity contribution < 1.29 is 24.8 Å². The zero-order valence-electron chi connectivity index (χ0n) is 8.50. The Morgan fingerprint density at radius 3 is 2.38 bits per heavy atom. The van der Waals surface area contributed by atoms with E-state index in [-0.39, 0.29) is 12.8 Å². The largest absolute Gasteiger partial charge is 0.481 e. The number of carbonyl (C=O) groups excluding carboxylic acids is 1. The number of benzene rings is 1. The van der Waals surface area contributed by atoms with Gasteiger partial charge in [-0.05, 0) is 12.0 Å². The maximum atomic E-state index is 11.1. The van der Waals surface area contributed by atoms with Crippen LogP contribution in [0.1, 0.15) is 12.0 Å². The van der Waals surface area contributed by atoms with Crippen LogP contribution in [0.3, 0.4) is 0 Å². The van der Waals surface area contributed by atoms with Crippen LogP contribution in [0.5, 0.6) is 0 Å². The van der Waals surface area contributed by atoms with E-state index in [2.05, 4.69) is 4.89 Å². The standard InChI is InChI=1S/C11H12O5/c12-10(13)7-9(11(14)16-15)6-8-4-2-1-3-5-8/h1-5,9,15H,6-7H2,(H,12,13)/t9-/m1/s1. The molecule has 16 heavy (non-hydrogen) atoms. The zero-order chi connectivity index (χ0) is 12.0. The van der Waals surface area contributed by atoms with Gasteiger partial charge in [0.1, 0.15) is 0 Å². The van der Waals surface area contributed by atoms with E-state index in [4.69, 9.17) is 10.4 Å². The fourth-order valence-corrected chi connectivity index (χ4v) is 1.42. The molecule has 0 bridgehead atoms. The molecule has 5 heteroatoms. The highest BCUT2D eigenvalue weighted by molar-refractivity contribution is 5.78. The number of carboxylic acid groups (broad SMARTS) is 1. The molecule has 0 aliphatic rings. The van der Waals surface area contributed by atoms with Gasteiger partial charge in [-0.3, -0.25) is 4.79 Å². The van der Waals surface area contributed by atoms with Crippen molar-refractivity contribution in [1.29, 1.82) is 0 Å². The van der Waals surface area contributed by atoms with E-state index in [1.807, 2.05) is 6.07 Å². The predicted octanol–water partition coefficient (Wildman–Crippen LogP) is 1.34. The Labute approximate surface area is 92.2 Å². The Kier molecular flexibility index (Phi) is 4.47. The first-order valence-electron chi connectivity index (χ1n) is 4.74. The number of rotatable bonds is 5. The van der Waals surface area contributed by atoms with Gasteiger partial charge in [0, 0.05) is 0 Å². The fraction of sp³-hybridized carbons (Fsp3) is 0.273. The molecule has 0 aliphatic heterocycles. The van der Waals surface area contributed by atoms with E-state index >= 15 is 0 Å². The summed E-state index contributed by atoms with van der Waals surface area (Å²) in [5, 5.41) is 16.9. The lowest BCUT2D eigenvalue weighted by Gasteiger charge is -2.10. The number of hydrogen-bond donors (Lipinski definition) is 2. The highest BCUT2D eigenvalue weighted by atomic mass is 17.1. The summed E-state index contributed by atoms with van der Waals surface area (Å²) in [5.74, 6) is -2.90. The average molecular weight is 224 g/mol. The van der Waals surface area contributed by atoms with Crippen LogP contribution >= 0.6 is 0 Å². The molecular formula is C11H12O5. The summed E-state index contributed by atoms with van der Waals surface area (Å²) in [7, 11) is 0. The van der Waals surface area contributed by atoms with Gasteiger partial charge in [0.15, 0.2) is 0 Å². The number of aliphatic carboxylic acids is 1. The van der Waals surface area contributed by atoms with Crippen molar-refractivity contribution in [2.75, 3.05) is 0 Å². The van der Waals surface area contributed by atoms with Gasteiger partial charge in [0.25, 0.3) is 0 Å². The molecule has 1 aromatic carbocycles. The van der Waals surface area contributed by atoms with Gasteiger partial charge in [-0.15, -0.1) is 0 Å². The third kappa shape index (κ3) is 3.70. The molecule has 1 aromatic rings. The fourth-order valence-electron chi connectivity index (χ4n) is 1.42. The SMILES string of the molecule is O=C(O)C[C@@H](Cc1ccccc1)C(=O)OO. The van der Waals surface area contributed by atoms with Crippen molar-refractivity contribution in [3.63, 3.8) is 0 Å². The molecule has 0 fully saturated rings. The molecule has 86 valence electrons. The van der Waals surface area contributed by atoms with Crippen molar-refractivity contribution in [3.8, 4) is 0 Å². The molecule has 0 saturated carbocycles. The molecule has 0 amide bonds. The van der Waals surface area contributed by atoms with Gasteiger partial charge in [-0.1, -0.05) is 30.3 Å². The van der Waals surface area contributed by atoms with Gasteiger partial charge < -0.3 is 9.99 Å². The van der Waals surface area contributed by atoms with Crippen LogP contribution in [-0.2, 0) is 20.9 Å². The van der Waals surface area contributed by atoms with Crippen LogP contribution in [-0.4, -0.2) is 22.3 Å². The minimum Gasteiger partial charge on any atom is -0.481 e. The summed E-state index contributed by atoms with van der Waals surface area (Å²) >= 11 is 0. The second-order valence-corrected chi connectivity index (χ2v) is 3.39. The third-order valence-corrected chi connectivity index (χ3v) is 2.17. The van der Waals surface area contributed by atoms with Crippen LogP contribution in [0, 0.1) is 5.92 Å². The van der Waals surface area contributed by atoms with Crippen molar-refractivity contribution in [2.24, 2.45) is 5.92 Å². The quantitative estimate of drug-likeness (QED) is 0.582. The van der Waals surface area contributed by atoms with Crippen molar-refractivity contribution in [1.82, 2.24) is 0 Å². The molecule has 0 saturated heterocycles. The lowest BCUT2D eigenvalue weighted by atomic mass is 9.96. The van der Waals surface area contributed by atoms with E-state index in [9.17, 15) is 9.59 Å². The molecular weight excluding hydrogens is 212 g/mol.